The van der Waals surface area contributed by atoms with Gasteiger partial charge in [-0.15, -0.1) is 11.8 Å². The first-order valence-electron chi connectivity index (χ1n) is 6.01. The maximum Gasteiger partial charge on any atom is 0.0659 e. The number of benzene rings is 1. The van der Waals surface area contributed by atoms with E-state index in [-0.39, 0.29) is 6.10 Å². The van der Waals surface area contributed by atoms with E-state index in [1.165, 1.54) is 10.5 Å². The number of thioether (sulfide) groups is 1. The lowest BCUT2D eigenvalue weighted by Crippen LogP contribution is -2.19. The maximum atomic E-state index is 9.94. The van der Waals surface area contributed by atoms with Crippen molar-refractivity contribution in [2.45, 2.75) is 44.6 Å². The molecule has 0 saturated carbocycles. The van der Waals surface area contributed by atoms with E-state index >= 15 is 0 Å². The molecular weight excluding hydrogens is 216 g/mol. The Morgan fingerprint density at radius 3 is 2.44 bits per heavy atom. The first-order chi connectivity index (χ1) is 7.63. The van der Waals surface area contributed by atoms with Crippen molar-refractivity contribution in [2.24, 2.45) is 5.92 Å². The van der Waals surface area contributed by atoms with Crippen LogP contribution in [0.2, 0.25) is 0 Å². The SMILES string of the molecule is CCCC(C)C(O)CSc1ccc(C)cc1. The predicted octanol–water partition coefficient (Wildman–Crippen LogP) is 3.88. The summed E-state index contributed by atoms with van der Waals surface area (Å²) in [5, 5.41) is 9.94. The number of rotatable bonds is 6. The molecule has 1 nitrogen and oxygen atoms in total. The molecule has 1 aromatic carbocycles. The largest absolute Gasteiger partial charge is 0.392 e. The minimum atomic E-state index is -0.189. The predicted molar refractivity (Wildman–Crippen MR) is 72.0 cm³/mol. The Bertz CT molecular complexity index is 294. The normalized spacial score (nSPS) is 14.8. The van der Waals surface area contributed by atoms with Crippen LogP contribution in [0.5, 0.6) is 0 Å². The molecule has 0 aliphatic carbocycles. The van der Waals surface area contributed by atoms with Crippen molar-refractivity contribution in [1.82, 2.24) is 0 Å². The Morgan fingerprint density at radius 1 is 1.25 bits per heavy atom. The average Bonchev–Trinajstić information content (AvgIpc) is 2.28. The minimum absolute atomic E-state index is 0.189. The topological polar surface area (TPSA) is 20.2 Å². The van der Waals surface area contributed by atoms with Crippen molar-refractivity contribution in [3.63, 3.8) is 0 Å². The second-order valence-electron chi connectivity index (χ2n) is 4.46. The van der Waals surface area contributed by atoms with E-state index in [0.717, 1.165) is 18.6 Å². The van der Waals surface area contributed by atoms with E-state index in [9.17, 15) is 5.11 Å². The van der Waals surface area contributed by atoms with E-state index in [0.29, 0.717) is 5.92 Å². The van der Waals surface area contributed by atoms with Crippen molar-refractivity contribution in [2.75, 3.05) is 5.75 Å². The summed E-state index contributed by atoms with van der Waals surface area (Å²) >= 11 is 1.74. The number of aliphatic hydroxyl groups is 1. The van der Waals surface area contributed by atoms with Crippen LogP contribution in [0.4, 0.5) is 0 Å². The molecule has 0 aliphatic rings. The van der Waals surface area contributed by atoms with Crippen molar-refractivity contribution in [1.29, 1.82) is 0 Å². The third kappa shape index (κ3) is 4.58. The van der Waals surface area contributed by atoms with Gasteiger partial charge in [-0.1, -0.05) is 38.0 Å². The molecule has 0 radical (unpaired) electrons. The molecular formula is C14H22OS. The summed E-state index contributed by atoms with van der Waals surface area (Å²) in [5.74, 6) is 1.20. The lowest BCUT2D eigenvalue weighted by atomic mass is 10.0. The van der Waals surface area contributed by atoms with E-state index in [1.807, 2.05) is 0 Å². The molecule has 0 spiro atoms. The summed E-state index contributed by atoms with van der Waals surface area (Å²) in [7, 11) is 0. The monoisotopic (exact) mass is 238 g/mol. The number of hydrogen-bond acceptors (Lipinski definition) is 2. The van der Waals surface area contributed by atoms with Crippen molar-refractivity contribution >= 4 is 11.8 Å². The zero-order valence-electron chi connectivity index (χ0n) is 10.4. The summed E-state index contributed by atoms with van der Waals surface area (Å²) in [6.07, 6.45) is 2.06. The van der Waals surface area contributed by atoms with Crippen LogP contribution >= 0.6 is 11.8 Å². The van der Waals surface area contributed by atoms with Crippen molar-refractivity contribution < 1.29 is 5.11 Å². The smallest absolute Gasteiger partial charge is 0.0659 e. The number of hydrogen-bond donors (Lipinski definition) is 1. The average molecular weight is 238 g/mol. The summed E-state index contributed by atoms with van der Waals surface area (Å²) in [6, 6.07) is 8.47. The lowest BCUT2D eigenvalue weighted by Gasteiger charge is -2.17. The highest BCUT2D eigenvalue weighted by Crippen LogP contribution is 2.22. The van der Waals surface area contributed by atoms with Crippen LogP contribution in [0, 0.1) is 12.8 Å². The highest BCUT2D eigenvalue weighted by molar-refractivity contribution is 7.99. The van der Waals surface area contributed by atoms with Crippen LogP contribution < -0.4 is 0 Å². The molecule has 2 heteroatoms. The van der Waals surface area contributed by atoms with Gasteiger partial charge in [-0.2, -0.15) is 0 Å². The molecule has 16 heavy (non-hydrogen) atoms. The second-order valence-corrected chi connectivity index (χ2v) is 5.55. The number of aliphatic hydroxyl groups excluding tert-OH is 1. The fourth-order valence-corrected chi connectivity index (χ4v) is 2.65. The van der Waals surface area contributed by atoms with Gasteiger partial charge in [0.15, 0.2) is 0 Å². The molecule has 1 rings (SSSR count). The Labute approximate surface area is 103 Å². The van der Waals surface area contributed by atoms with Gasteiger partial charge in [0.25, 0.3) is 0 Å². The van der Waals surface area contributed by atoms with Gasteiger partial charge in [-0.3, -0.25) is 0 Å². The summed E-state index contributed by atoms with van der Waals surface area (Å²) in [5.41, 5.74) is 1.28. The summed E-state index contributed by atoms with van der Waals surface area (Å²) in [4.78, 5) is 1.24. The van der Waals surface area contributed by atoms with Crippen LogP contribution in [-0.2, 0) is 0 Å². The quantitative estimate of drug-likeness (QED) is 0.759. The van der Waals surface area contributed by atoms with Gasteiger partial charge < -0.3 is 5.11 Å². The third-order valence-corrected chi connectivity index (χ3v) is 3.96. The molecule has 2 atom stereocenters. The Kier molecular flexibility index (Phi) is 5.93. The molecule has 90 valence electrons. The van der Waals surface area contributed by atoms with Crippen molar-refractivity contribution in [3.8, 4) is 0 Å². The highest BCUT2D eigenvalue weighted by Gasteiger charge is 2.13. The number of aryl methyl sites for hydroxylation is 1. The Morgan fingerprint density at radius 2 is 1.88 bits per heavy atom. The van der Waals surface area contributed by atoms with Crippen LogP contribution in [0.25, 0.3) is 0 Å². The fourth-order valence-electron chi connectivity index (χ4n) is 1.63. The van der Waals surface area contributed by atoms with E-state index in [4.69, 9.17) is 0 Å². The van der Waals surface area contributed by atoms with Crippen molar-refractivity contribution in [3.05, 3.63) is 29.8 Å². The molecule has 0 heterocycles. The molecule has 0 fully saturated rings. The molecule has 2 unspecified atom stereocenters. The van der Waals surface area contributed by atoms with E-state index in [1.54, 1.807) is 11.8 Å². The molecule has 0 saturated heterocycles. The Balaban J connectivity index is 2.36. The zero-order valence-corrected chi connectivity index (χ0v) is 11.3. The molecule has 1 aromatic rings. The highest BCUT2D eigenvalue weighted by atomic mass is 32.2. The van der Waals surface area contributed by atoms with Gasteiger partial charge >= 0.3 is 0 Å². The first-order valence-corrected chi connectivity index (χ1v) is 6.99. The maximum absolute atomic E-state index is 9.94. The molecule has 1 N–H and O–H groups in total. The standard InChI is InChI=1S/C14H22OS/c1-4-5-12(3)14(15)10-16-13-8-6-11(2)7-9-13/h6-9,12,14-15H,4-5,10H2,1-3H3. The van der Waals surface area contributed by atoms with Gasteiger partial charge in [-0.25, -0.2) is 0 Å². The first kappa shape index (κ1) is 13.6. The molecule has 0 bridgehead atoms. The van der Waals surface area contributed by atoms with Crippen LogP contribution in [0.3, 0.4) is 0 Å². The third-order valence-electron chi connectivity index (χ3n) is 2.84. The molecule has 0 amide bonds. The van der Waals surface area contributed by atoms with Gasteiger partial charge in [0.1, 0.15) is 0 Å². The van der Waals surface area contributed by atoms with Gasteiger partial charge in [-0.05, 0) is 31.4 Å². The second kappa shape index (κ2) is 6.97. The molecule has 0 aromatic heterocycles. The van der Waals surface area contributed by atoms with Crippen LogP contribution in [-0.4, -0.2) is 17.0 Å². The van der Waals surface area contributed by atoms with Crippen LogP contribution in [0.1, 0.15) is 32.3 Å². The van der Waals surface area contributed by atoms with Gasteiger partial charge in [0.2, 0.25) is 0 Å². The lowest BCUT2D eigenvalue weighted by molar-refractivity contribution is 0.134. The molecule has 0 aliphatic heterocycles. The van der Waals surface area contributed by atoms with Crippen LogP contribution in [0.15, 0.2) is 29.2 Å². The van der Waals surface area contributed by atoms with E-state index < -0.39 is 0 Å². The van der Waals surface area contributed by atoms with E-state index in [2.05, 4.69) is 45.0 Å². The summed E-state index contributed by atoms with van der Waals surface area (Å²) < 4.78 is 0. The van der Waals surface area contributed by atoms with Gasteiger partial charge in [0.05, 0.1) is 6.10 Å². The fraction of sp³-hybridized carbons (Fsp3) is 0.571. The minimum Gasteiger partial charge on any atom is -0.392 e. The van der Waals surface area contributed by atoms with Gasteiger partial charge in [0, 0.05) is 10.6 Å². The zero-order chi connectivity index (χ0) is 12.0. The summed E-state index contributed by atoms with van der Waals surface area (Å²) in [6.45, 7) is 6.38. The Hall–Kier alpha value is -0.470.